The van der Waals surface area contributed by atoms with Gasteiger partial charge in [-0.3, -0.25) is 0 Å². The van der Waals surface area contributed by atoms with Crippen molar-refractivity contribution in [1.82, 2.24) is 0 Å². The molecule has 3 heteroatoms. The van der Waals surface area contributed by atoms with E-state index < -0.39 is 5.82 Å². The van der Waals surface area contributed by atoms with Crippen molar-refractivity contribution in [3.63, 3.8) is 0 Å². The summed E-state index contributed by atoms with van der Waals surface area (Å²) in [6.45, 7) is 4.32. The lowest BCUT2D eigenvalue weighted by Gasteiger charge is -2.15. The highest BCUT2D eigenvalue weighted by molar-refractivity contribution is 6.31. The van der Waals surface area contributed by atoms with Crippen molar-refractivity contribution in [1.29, 1.82) is 0 Å². The zero-order valence-corrected chi connectivity index (χ0v) is 12.5. The number of benzene rings is 2. The monoisotopic (exact) mass is 291 g/mol. The lowest BCUT2D eigenvalue weighted by molar-refractivity contribution is 0.619. The first kappa shape index (κ1) is 15.0. The van der Waals surface area contributed by atoms with Gasteiger partial charge in [-0.1, -0.05) is 61.8 Å². The van der Waals surface area contributed by atoms with Crippen LogP contribution in [0, 0.1) is 5.82 Å². The van der Waals surface area contributed by atoms with Crippen LogP contribution < -0.4 is 5.73 Å². The Morgan fingerprint density at radius 2 is 1.75 bits per heavy atom. The molecule has 0 radical (unpaired) electrons. The van der Waals surface area contributed by atoms with Crippen LogP contribution in [0.2, 0.25) is 5.02 Å². The minimum atomic E-state index is -0.422. The Kier molecular flexibility index (Phi) is 4.79. The fourth-order valence-corrected chi connectivity index (χ4v) is 2.48. The van der Waals surface area contributed by atoms with E-state index in [1.807, 2.05) is 0 Å². The molecule has 0 aromatic heterocycles. The van der Waals surface area contributed by atoms with Crippen LogP contribution >= 0.6 is 11.6 Å². The highest BCUT2D eigenvalue weighted by Gasteiger charge is 2.13. The Labute approximate surface area is 124 Å². The second kappa shape index (κ2) is 6.38. The first-order valence-corrected chi connectivity index (χ1v) is 7.15. The van der Waals surface area contributed by atoms with E-state index in [9.17, 15) is 4.39 Å². The molecule has 2 rings (SSSR count). The Morgan fingerprint density at radius 1 is 1.10 bits per heavy atom. The second-order valence-corrected chi connectivity index (χ2v) is 5.73. The van der Waals surface area contributed by atoms with E-state index in [0.29, 0.717) is 17.9 Å². The normalized spacial score (nSPS) is 12.7. The van der Waals surface area contributed by atoms with Gasteiger partial charge in [-0.05, 0) is 35.1 Å². The Hall–Kier alpha value is -1.38. The minimum Gasteiger partial charge on any atom is -0.324 e. The van der Waals surface area contributed by atoms with Crippen molar-refractivity contribution in [2.75, 3.05) is 0 Å². The van der Waals surface area contributed by atoms with E-state index in [2.05, 4.69) is 38.1 Å². The van der Waals surface area contributed by atoms with Crippen molar-refractivity contribution in [2.45, 2.75) is 32.2 Å². The fourth-order valence-electron chi connectivity index (χ4n) is 2.21. The average molecular weight is 292 g/mol. The average Bonchev–Trinajstić information content (AvgIpc) is 2.42. The largest absolute Gasteiger partial charge is 0.324 e. The van der Waals surface area contributed by atoms with Crippen molar-refractivity contribution in [3.8, 4) is 0 Å². The van der Waals surface area contributed by atoms with Crippen molar-refractivity contribution < 1.29 is 4.39 Å². The molecule has 0 amide bonds. The lowest BCUT2D eigenvalue weighted by Crippen LogP contribution is -2.14. The molecule has 2 aromatic rings. The van der Waals surface area contributed by atoms with Crippen LogP contribution in [0.15, 0.2) is 42.5 Å². The van der Waals surface area contributed by atoms with Gasteiger partial charge in [-0.25, -0.2) is 4.39 Å². The molecule has 20 heavy (non-hydrogen) atoms. The smallest absolute Gasteiger partial charge is 0.142 e. The molecule has 0 saturated carbocycles. The first-order chi connectivity index (χ1) is 9.49. The lowest BCUT2D eigenvalue weighted by atomic mass is 9.96. The number of nitrogens with two attached hydrogens (primary N) is 1. The summed E-state index contributed by atoms with van der Waals surface area (Å²) in [7, 11) is 0. The van der Waals surface area contributed by atoms with E-state index in [4.69, 9.17) is 17.3 Å². The highest BCUT2D eigenvalue weighted by atomic mass is 35.5. The SMILES string of the molecule is CC(C)c1ccc(CC(N)c2cccc(F)c2Cl)cc1. The summed E-state index contributed by atoms with van der Waals surface area (Å²) >= 11 is 5.97. The highest BCUT2D eigenvalue weighted by Crippen LogP contribution is 2.26. The van der Waals surface area contributed by atoms with Crippen molar-refractivity contribution >= 4 is 11.6 Å². The van der Waals surface area contributed by atoms with Crippen LogP contribution in [-0.2, 0) is 6.42 Å². The number of hydrogen-bond acceptors (Lipinski definition) is 1. The van der Waals surface area contributed by atoms with E-state index in [1.165, 1.54) is 11.6 Å². The van der Waals surface area contributed by atoms with Gasteiger partial charge in [0.1, 0.15) is 5.82 Å². The topological polar surface area (TPSA) is 26.0 Å². The molecule has 0 aliphatic rings. The minimum absolute atomic E-state index is 0.124. The van der Waals surface area contributed by atoms with Gasteiger partial charge in [0.2, 0.25) is 0 Å². The van der Waals surface area contributed by atoms with E-state index in [0.717, 1.165) is 5.56 Å². The summed E-state index contributed by atoms with van der Waals surface area (Å²) in [5.41, 5.74) is 9.22. The van der Waals surface area contributed by atoms with Crippen molar-refractivity contribution in [3.05, 3.63) is 70.0 Å². The summed E-state index contributed by atoms with van der Waals surface area (Å²) in [4.78, 5) is 0. The zero-order valence-electron chi connectivity index (χ0n) is 11.7. The van der Waals surface area contributed by atoms with Crippen molar-refractivity contribution in [2.24, 2.45) is 5.73 Å². The van der Waals surface area contributed by atoms with Gasteiger partial charge in [0, 0.05) is 6.04 Å². The van der Waals surface area contributed by atoms with Gasteiger partial charge in [0.05, 0.1) is 5.02 Å². The molecule has 0 heterocycles. The van der Waals surface area contributed by atoms with Crippen LogP contribution in [0.5, 0.6) is 0 Å². The molecule has 1 unspecified atom stereocenters. The van der Waals surface area contributed by atoms with E-state index in [-0.39, 0.29) is 11.1 Å². The number of halogens is 2. The maximum Gasteiger partial charge on any atom is 0.142 e. The molecule has 0 aliphatic heterocycles. The molecule has 0 bridgehead atoms. The third-order valence-electron chi connectivity index (χ3n) is 3.48. The van der Waals surface area contributed by atoms with Gasteiger partial charge in [0.15, 0.2) is 0 Å². The molecule has 1 atom stereocenters. The predicted molar refractivity (Wildman–Crippen MR) is 82.6 cm³/mol. The maximum atomic E-state index is 13.4. The van der Waals surface area contributed by atoms with Crippen LogP contribution in [0.4, 0.5) is 4.39 Å². The molecule has 0 spiro atoms. The molecular weight excluding hydrogens is 273 g/mol. The molecule has 2 N–H and O–H groups in total. The maximum absolute atomic E-state index is 13.4. The molecule has 1 nitrogen and oxygen atoms in total. The van der Waals surface area contributed by atoms with Crippen LogP contribution in [-0.4, -0.2) is 0 Å². The molecular formula is C17H19ClFN. The molecule has 0 aliphatic carbocycles. The second-order valence-electron chi connectivity index (χ2n) is 5.35. The molecule has 0 saturated heterocycles. The van der Waals surface area contributed by atoms with E-state index in [1.54, 1.807) is 12.1 Å². The fraction of sp³-hybridized carbons (Fsp3) is 0.294. The summed E-state index contributed by atoms with van der Waals surface area (Å²) in [5, 5.41) is 0.124. The number of hydrogen-bond donors (Lipinski definition) is 1. The molecule has 106 valence electrons. The predicted octanol–water partition coefficient (Wildman–Crippen LogP) is 4.85. The third-order valence-corrected chi connectivity index (χ3v) is 3.88. The van der Waals surface area contributed by atoms with Crippen LogP contribution in [0.3, 0.4) is 0 Å². The van der Waals surface area contributed by atoms with Gasteiger partial charge in [-0.15, -0.1) is 0 Å². The Morgan fingerprint density at radius 3 is 2.35 bits per heavy atom. The number of rotatable bonds is 4. The van der Waals surface area contributed by atoms with Crippen LogP contribution in [0.1, 0.15) is 42.5 Å². The summed E-state index contributed by atoms with van der Waals surface area (Å²) < 4.78 is 13.4. The van der Waals surface area contributed by atoms with Gasteiger partial charge >= 0.3 is 0 Å². The van der Waals surface area contributed by atoms with Gasteiger partial charge in [0.25, 0.3) is 0 Å². The Balaban J connectivity index is 2.15. The zero-order chi connectivity index (χ0) is 14.7. The molecule has 0 fully saturated rings. The quantitative estimate of drug-likeness (QED) is 0.856. The summed E-state index contributed by atoms with van der Waals surface area (Å²) in [6, 6.07) is 12.8. The molecule has 2 aromatic carbocycles. The Bertz CT molecular complexity index is 578. The first-order valence-electron chi connectivity index (χ1n) is 6.77. The summed E-state index contributed by atoms with van der Waals surface area (Å²) in [5.74, 6) is 0.0881. The van der Waals surface area contributed by atoms with Crippen LogP contribution in [0.25, 0.3) is 0 Å². The summed E-state index contributed by atoms with van der Waals surface area (Å²) in [6.07, 6.45) is 0.640. The van der Waals surface area contributed by atoms with E-state index >= 15 is 0 Å². The standard InChI is InChI=1S/C17H19ClFN/c1-11(2)13-8-6-12(7-9-13)10-16(20)14-4-3-5-15(19)17(14)18/h3-9,11,16H,10,20H2,1-2H3. The van der Waals surface area contributed by atoms with Gasteiger partial charge in [-0.2, -0.15) is 0 Å². The van der Waals surface area contributed by atoms with Gasteiger partial charge < -0.3 is 5.73 Å². The third kappa shape index (κ3) is 3.38.